The second-order valence-electron chi connectivity index (χ2n) is 4.48. The summed E-state index contributed by atoms with van der Waals surface area (Å²) >= 11 is 7.62. The van der Waals surface area contributed by atoms with E-state index in [1.54, 1.807) is 30.0 Å². The van der Waals surface area contributed by atoms with Crippen LogP contribution in [0.3, 0.4) is 0 Å². The second-order valence-corrected chi connectivity index (χ2v) is 6.01. The molecule has 0 aliphatic carbocycles. The Bertz CT molecular complexity index is 870. The molecule has 1 N–H and O–H groups in total. The summed E-state index contributed by atoms with van der Waals surface area (Å²) in [6, 6.07) is 18.7. The van der Waals surface area contributed by atoms with Gasteiger partial charge in [0.25, 0.3) is 0 Å². The number of halogens is 1. The fourth-order valence-corrected chi connectivity index (χ4v) is 3.40. The monoisotopic (exact) mass is 311 g/mol. The number of rotatable bonds is 2. The molecule has 0 aliphatic rings. The zero-order chi connectivity index (χ0) is 14.8. The standard InChI is InChI=1S/C17H10ClNOS/c18-15-9-12(6-5-11(15)10-19)21-17-8-7-16(20)13-3-1-2-4-14(13)17/h1-9,20H. The third-order valence-corrected chi connectivity index (χ3v) is 4.53. The van der Waals surface area contributed by atoms with Crippen molar-refractivity contribution in [3.63, 3.8) is 0 Å². The number of hydrogen-bond acceptors (Lipinski definition) is 3. The number of nitriles is 1. The molecule has 0 saturated carbocycles. The first-order valence-corrected chi connectivity index (χ1v) is 7.46. The van der Waals surface area contributed by atoms with E-state index < -0.39 is 0 Å². The fourth-order valence-electron chi connectivity index (χ4n) is 2.12. The van der Waals surface area contributed by atoms with E-state index in [1.165, 1.54) is 0 Å². The Morgan fingerprint density at radius 1 is 1.00 bits per heavy atom. The van der Waals surface area contributed by atoms with E-state index in [-0.39, 0.29) is 5.75 Å². The summed E-state index contributed by atoms with van der Waals surface area (Å²) in [5.74, 6) is 0.271. The van der Waals surface area contributed by atoms with E-state index in [0.29, 0.717) is 10.6 Å². The van der Waals surface area contributed by atoms with Gasteiger partial charge in [-0.25, -0.2) is 0 Å². The maximum Gasteiger partial charge on any atom is 0.123 e. The predicted octanol–water partition coefficient (Wildman–Crippen LogP) is 5.22. The molecule has 0 aromatic heterocycles. The Morgan fingerprint density at radius 3 is 2.48 bits per heavy atom. The van der Waals surface area contributed by atoms with E-state index in [0.717, 1.165) is 20.6 Å². The van der Waals surface area contributed by atoms with Gasteiger partial charge in [-0.2, -0.15) is 5.26 Å². The average molecular weight is 312 g/mol. The lowest BCUT2D eigenvalue weighted by atomic mass is 10.1. The van der Waals surface area contributed by atoms with Crippen molar-refractivity contribution < 1.29 is 5.11 Å². The van der Waals surface area contributed by atoms with Crippen LogP contribution in [0.1, 0.15) is 5.56 Å². The third kappa shape index (κ3) is 2.69. The van der Waals surface area contributed by atoms with Gasteiger partial charge in [0, 0.05) is 15.2 Å². The molecule has 0 spiro atoms. The van der Waals surface area contributed by atoms with Crippen LogP contribution in [0.25, 0.3) is 10.8 Å². The van der Waals surface area contributed by atoms with Gasteiger partial charge in [0.05, 0.1) is 10.6 Å². The molecule has 0 saturated heterocycles. The Labute approximate surface area is 131 Å². The number of phenolic OH excluding ortho intramolecular Hbond substituents is 1. The molecule has 21 heavy (non-hydrogen) atoms. The van der Waals surface area contributed by atoms with Gasteiger partial charge in [0.15, 0.2) is 0 Å². The topological polar surface area (TPSA) is 44.0 Å². The van der Waals surface area contributed by atoms with Crippen molar-refractivity contribution in [2.45, 2.75) is 9.79 Å². The number of nitrogens with zero attached hydrogens (tertiary/aromatic N) is 1. The van der Waals surface area contributed by atoms with Crippen molar-refractivity contribution in [3.05, 3.63) is 65.2 Å². The van der Waals surface area contributed by atoms with Crippen molar-refractivity contribution in [2.75, 3.05) is 0 Å². The number of fused-ring (bicyclic) bond motifs is 1. The van der Waals surface area contributed by atoms with Crippen LogP contribution in [0.5, 0.6) is 5.75 Å². The average Bonchev–Trinajstić information content (AvgIpc) is 2.51. The van der Waals surface area contributed by atoms with Crippen molar-refractivity contribution in [1.82, 2.24) is 0 Å². The number of phenols is 1. The molecule has 0 heterocycles. The minimum absolute atomic E-state index is 0.271. The maximum absolute atomic E-state index is 9.91. The van der Waals surface area contributed by atoms with E-state index in [1.807, 2.05) is 42.5 Å². The lowest BCUT2D eigenvalue weighted by molar-refractivity contribution is 0.481. The summed E-state index contributed by atoms with van der Waals surface area (Å²) in [4.78, 5) is 1.99. The molecule has 0 radical (unpaired) electrons. The van der Waals surface area contributed by atoms with Crippen LogP contribution >= 0.6 is 23.4 Å². The molecule has 0 unspecified atom stereocenters. The Hall–Kier alpha value is -2.15. The summed E-state index contributed by atoms with van der Waals surface area (Å²) < 4.78 is 0. The molecule has 0 bridgehead atoms. The lowest BCUT2D eigenvalue weighted by Crippen LogP contribution is -1.81. The molecule has 2 nitrogen and oxygen atoms in total. The highest BCUT2D eigenvalue weighted by Crippen LogP contribution is 2.37. The first-order chi connectivity index (χ1) is 10.2. The van der Waals surface area contributed by atoms with Gasteiger partial charge in [0.1, 0.15) is 11.8 Å². The Balaban J connectivity index is 2.05. The molecule has 3 aromatic rings. The van der Waals surface area contributed by atoms with Crippen LogP contribution in [0.15, 0.2) is 64.4 Å². The second kappa shape index (κ2) is 5.69. The SMILES string of the molecule is N#Cc1ccc(Sc2ccc(O)c3ccccc23)cc1Cl. The molecule has 0 amide bonds. The predicted molar refractivity (Wildman–Crippen MR) is 85.9 cm³/mol. The molecule has 4 heteroatoms. The van der Waals surface area contributed by atoms with E-state index in [2.05, 4.69) is 0 Å². The normalized spacial score (nSPS) is 10.5. The zero-order valence-corrected chi connectivity index (χ0v) is 12.4. The van der Waals surface area contributed by atoms with E-state index in [4.69, 9.17) is 16.9 Å². The van der Waals surface area contributed by atoms with Crippen LogP contribution in [-0.4, -0.2) is 5.11 Å². The minimum Gasteiger partial charge on any atom is -0.507 e. The number of benzene rings is 3. The summed E-state index contributed by atoms with van der Waals surface area (Å²) in [5, 5.41) is 21.1. The summed E-state index contributed by atoms with van der Waals surface area (Å²) in [6.45, 7) is 0. The van der Waals surface area contributed by atoms with Crippen molar-refractivity contribution >= 4 is 34.1 Å². The molecule has 102 valence electrons. The molecule has 3 rings (SSSR count). The van der Waals surface area contributed by atoms with Gasteiger partial charge in [-0.3, -0.25) is 0 Å². The van der Waals surface area contributed by atoms with Gasteiger partial charge in [0.2, 0.25) is 0 Å². The first kappa shape index (κ1) is 13.8. The van der Waals surface area contributed by atoms with Gasteiger partial charge >= 0.3 is 0 Å². The highest BCUT2D eigenvalue weighted by atomic mass is 35.5. The van der Waals surface area contributed by atoms with Crippen molar-refractivity contribution in [2.24, 2.45) is 0 Å². The van der Waals surface area contributed by atoms with Crippen LogP contribution in [-0.2, 0) is 0 Å². The van der Waals surface area contributed by atoms with Gasteiger partial charge in [-0.15, -0.1) is 0 Å². The maximum atomic E-state index is 9.91. The van der Waals surface area contributed by atoms with Crippen LogP contribution in [0.4, 0.5) is 0 Å². The molecular formula is C17H10ClNOS. The largest absolute Gasteiger partial charge is 0.507 e. The van der Waals surface area contributed by atoms with Crippen LogP contribution < -0.4 is 0 Å². The third-order valence-electron chi connectivity index (χ3n) is 3.15. The van der Waals surface area contributed by atoms with Crippen molar-refractivity contribution in [1.29, 1.82) is 5.26 Å². The summed E-state index contributed by atoms with van der Waals surface area (Å²) in [7, 11) is 0. The Morgan fingerprint density at radius 2 is 1.76 bits per heavy atom. The van der Waals surface area contributed by atoms with Crippen LogP contribution in [0, 0.1) is 11.3 Å². The minimum atomic E-state index is 0.271. The van der Waals surface area contributed by atoms with Crippen LogP contribution in [0.2, 0.25) is 5.02 Å². The Kier molecular flexibility index (Phi) is 3.74. The molecule has 0 fully saturated rings. The molecular weight excluding hydrogens is 302 g/mol. The fraction of sp³-hybridized carbons (Fsp3) is 0. The summed E-state index contributed by atoms with van der Waals surface area (Å²) in [5.41, 5.74) is 0.469. The summed E-state index contributed by atoms with van der Waals surface area (Å²) in [6.07, 6.45) is 0. The van der Waals surface area contributed by atoms with Gasteiger partial charge < -0.3 is 5.11 Å². The molecule has 3 aromatic carbocycles. The van der Waals surface area contributed by atoms with Gasteiger partial charge in [-0.05, 0) is 35.7 Å². The highest BCUT2D eigenvalue weighted by Gasteiger charge is 2.08. The first-order valence-electron chi connectivity index (χ1n) is 6.27. The van der Waals surface area contributed by atoms with E-state index >= 15 is 0 Å². The highest BCUT2D eigenvalue weighted by molar-refractivity contribution is 7.99. The van der Waals surface area contributed by atoms with Gasteiger partial charge in [-0.1, -0.05) is 47.6 Å². The number of hydrogen-bond donors (Lipinski definition) is 1. The van der Waals surface area contributed by atoms with E-state index in [9.17, 15) is 5.11 Å². The lowest BCUT2D eigenvalue weighted by Gasteiger charge is -2.08. The number of aromatic hydroxyl groups is 1. The van der Waals surface area contributed by atoms with Crippen molar-refractivity contribution in [3.8, 4) is 11.8 Å². The molecule has 0 atom stereocenters. The quantitative estimate of drug-likeness (QED) is 0.705. The smallest absolute Gasteiger partial charge is 0.123 e. The zero-order valence-electron chi connectivity index (χ0n) is 10.9. The molecule has 0 aliphatic heterocycles.